The molecule has 0 unspecified atom stereocenters. The molecule has 4 rings (SSSR count). The number of fused-ring (bicyclic) bond motifs is 1. The fraction of sp³-hybridized carbons (Fsp3) is 0.188. The van der Waals surface area contributed by atoms with Crippen molar-refractivity contribution in [1.82, 2.24) is 4.98 Å². The normalized spacial score (nSPS) is 14.9. The van der Waals surface area contributed by atoms with E-state index in [4.69, 9.17) is 10.7 Å². The Kier molecular flexibility index (Phi) is 2.35. The standard InChI is InChI=1S/C16H14N2S/c17-15-14(18-16(19-15)11-6-7-11)13-8-5-10-3-1-2-4-12(10)9-13/h1-5,8-9,11H,6-7,17H2. The molecule has 1 aliphatic rings. The number of nitrogens with zero attached hydrogens (tertiary/aromatic N) is 1. The molecule has 0 spiro atoms. The van der Waals surface area contributed by atoms with E-state index in [1.807, 2.05) is 0 Å². The Balaban J connectivity index is 1.84. The van der Waals surface area contributed by atoms with Crippen LogP contribution in [0.25, 0.3) is 22.0 Å². The minimum absolute atomic E-state index is 0.668. The van der Waals surface area contributed by atoms with Crippen molar-refractivity contribution in [3.63, 3.8) is 0 Å². The average Bonchev–Trinajstić information content (AvgIpc) is 3.22. The lowest BCUT2D eigenvalue weighted by Gasteiger charge is -2.02. The maximum absolute atomic E-state index is 6.14. The molecule has 1 saturated carbocycles. The van der Waals surface area contributed by atoms with E-state index in [-0.39, 0.29) is 0 Å². The molecule has 0 amide bonds. The Hall–Kier alpha value is -1.87. The molecular weight excluding hydrogens is 252 g/mol. The van der Waals surface area contributed by atoms with Crippen LogP contribution in [0, 0.1) is 0 Å². The lowest BCUT2D eigenvalue weighted by molar-refractivity contribution is 1.09. The smallest absolute Gasteiger partial charge is 0.114 e. The van der Waals surface area contributed by atoms with Gasteiger partial charge in [-0.3, -0.25) is 0 Å². The van der Waals surface area contributed by atoms with Crippen molar-refractivity contribution in [3.8, 4) is 11.3 Å². The highest BCUT2D eigenvalue weighted by atomic mass is 32.1. The van der Waals surface area contributed by atoms with Gasteiger partial charge in [-0.05, 0) is 29.7 Å². The van der Waals surface area contributed by atoms with E-state index in [1.54, 1.807) is 11.3 Å². The number of aromatic nitrogens is 1. The van der Waals surface area contributed by atoms with Gasteiger partial charge in [-0.2, -0.15) is 0 Å². The van der Waals surface area contributed by atoms with E-state index in [0.717, 1.165) is 16.3 Å². The van der Waals surface area contributed by atoms with Crippen LogP contribution in [0.15, 0.2) is 42.5 Å². The molecule has 0 saturated heterocycles. The Labute approximate surface area is 115 Å². The summed E-state index contributed by atoms with van der Waals surface area (Å²) < 4.78 is 0. The predicted molar refractivity (Wildman–Crippen MR) is 81.4 cm³/mol. The quantitative estimate of drug-likeness (QED) is 0.745. The van der Waals surface area contributed by atoms with Crippen LogP contribution in [0.4, 0.5) is 5.00 Å². The maximum Gasteiger partial charge on any atom is 0.114 e. The molecule has 2 N–H and O–H groups in total. The fourth-order valence-corrected chi connectivity index (χ4v) is 3.42. The van der Waals surface area contributed by atoms with Gasteiger partial charge < -0.3 is 5.73 Å². The van der Waals surface area contributed by atoms with Gasteiger partial charge in [-0.1, -0.05) is 36.4 Å². The summed E-state index contributed by atoms with van der Waals surface area (Å²) in [5.74, 6) is 0.668. The zero-order valence-electron chi connectivity index (χ0n) is 10.5. The zero-order chi connectivity index (χ0) is 12.8. The first-order valence-electron chi connectivity index (χ1n) is 6.56. The van der Waals surface area contributed by atoms with Crippen LogP contribution in [0.1, 0.15) is 23.8 Å². The summed E-state index contributed by atoms with van der Waals surface area (Å²) in [7, 11) is 0. The molecule has 94 valence electrons. The minimum Gasteiger partial charge on any atom is -0.389 e. The summed E-state index contributed by atoms with van der Waals surface area (Å²) in [6, 6.07) is 14.8. The Morgan fingerprint density at radius 3 is 2.63 bits per heavy atom. The lowest BCUT2D eigenvalue weighted by atomic mass is 10.1. The van der Waals surface area contributed by atoms with E-state index in [0.29, 0.717) is 5.92 Å². The highest BCUT2D eigenvalue weighted by Crippen LogP contribution is 2.45. The van der Waals surface area contributed by atoms with E-state index < -0.39 is 0 Å². The number of benzene rings is 2. The first-order chi connectivity index (χ1) is 9.31. The second-order valence-electron chi connectivity index (χ2n) is 5.10. The summed E-state index contributed by atoms with van der Waals surface area (Å²) in [5.41, 5.74) is 8.22. The number of hydrogen-bond acceptors (Lipinski definition) is 3. The first kappa shape index (κ1) is 11.0. The predicted octanol–water partition coefficient (Wildman–Crippen LogP) is 4.42. The summed E-state index contributed by atoms with van der Waals surface area (Å²) in [5, 5.41) is 4.54. The van der Waals surface area contributed by atoms with E-state index in [9.17, 15) is 0 Å². The van der Waals surface area contributed by atoms with Gasteiger partial charge in [0.25, 0.3) is 0 Å². The van der Waals surface area contributed by atoms with Crippen molar-refractivity contribution in [3.05, 3.63) is 47.5 Å². The third kappa shape index (κ3) is 1.90. The molecule has 19 heavy (non-hydrogen) atoms. The van der Waals surface area contributed by atoms with Gasteiger partial charge in [-0.25, -0.2) is 4.98 Å². The maximum atomic E-state index is 6.14. The molecule has 0 bridgehead atoms. The molecular formula is C16H14N2S. The van der Waals surface area contributed by atoms with Crippen LogP contribution in [0.2, 0.25) is 0 Å². The molecule has 1 aliphatic carbocycles. The number of thiazole rings is 1. The summed E-state index contributed by atoms with van der Waals surface area (Å²) in [6.45, 7) is 0. The zero-order valence-corrected chi connectivity index (χ0v) is 11.3. The molecule has 1 aromatic heterocycles. The summed E-state index contributed by atoms with van der Waals surface area (Å²) in [4.78, 5) is 4.74. The van der Waals surface area contributed by atoms with Crippen molar-refractivity contribution < 1.29 is 0 Å². The Morgan fingerprint density at radius 1 is 1.05 bits per heavy atom. The fourth-order valence-electron chi connectivity index (χ4n) is 2.40. The largest absolute Gasteiger partial charge is 0.389 e. The third-order valence-corrected chi connectivity index (χ3v) is 4.67. The van der Waals surface area contributed by atoms with Crippen molar-refractivity contribution in [2.45, 2.75) is 18.8 Å². The third-order valence-electron chi connectivity index (χ3n) is 3.62. The van der Waals surface area contributed by atoms with Crippen molar-refractivity contribution in [2.75, 3.05) is 5.73 Å². The minimum atomic E-state index is 0.668. The molecule has 3 heteroatoms. The number of hydrogen-bond donors (Lipinski definition) is 1. The topological polar surface area (TPSA) is 38.9 Å². The van der Waals surface area contributed by atoms with Crippen molar-refractivity contribution >= 4 is 27.1 Å². The van der Waals surface area contributed by atoms with Crippen molar-refractivity contribution in [1.29, 1.82) is 0 Å². The molecule has 0 aliphatic heterocycles. The lowest BCUT2D eigenvalue weighted by Crippen LogP contribution is -1.86. The van der Waals surface area contributed by atoms with Crippen LogP contribution in [-0.2, 0) is 0 Å². The number of nitrogens with two attached hydrogens (primary N) is 1. The van der Waals surface area contributed by atoms with Gasteiger partial charge in [0, 0.05) is 11.5 Å². The number of nitrogen functional groups attached to an aromatic ring is 1. The van der Waals surface area contributed by atoms with Gasteiger partial charge >= 0.3 is 0 Å². The van der Waals surface area contributed by atoms with E-state index in [1.165, 1.54) is 28.6 Å². The Morgan fingerprint density at radius 2 is 1.84 bits per heavy atom. The average molecular weight is 266 g/mol. The number of anilines is 1. The first-order valence-corrected chi connectivity index (χ1v) is 7.38. The van der Waals surface area contributed by atoms with E-state index in [2.05, 4.69) is 42.5 Å². The van der Waals surface area contributed by atoms with Gasteiger partial charge in [0.05, 0.1) is 5.01 Å². The molecule has 1 fully saturated rings. The monoisotopic (exact) mass is 266 g/mol. The van der Waals surface area contributed by atoms with Gasteiger partial charge in [-0.15, -0.1) is 11.3 Å². The van der Waals surface area contributed by atoms with Crippen LogP contribution < -0.4 is 5.73 Å². The second kappa shape index (κ2) is 4.07. The van der Waals surface area contributed by atoms with Crippen molar-refractivity contribution in [2.24, 2.45) is 0 Å². The summed E-state index contributed by atoms with van der Waals surface area (Å²) >= 11 is 1.65. The molecule has 0 radical (unpaired) electrons. The molecule has 2 aromatic carbocycles. The van der Waals surface area contributed by atoms with Gasteiger partial charge in [0.1, 0.15) is 10.7 Å². The van der Waals surface area contributed by atoms with Crippen LogP contribution >= 0.6 is 11.3 Å². The molecule has 0 atom stereocenters. The molecule has 2 nitrogen and oxygen atoms in total. The summed E-state index contributed by atoms with van der Waals surface area (Å²) in [6.07, 6.45) is 2.54. The van der Waals surface area contributed by atoms with Crippen LogP contribution in [0.3, 0.4) is 0 Å². The Bertz CT molecular complexity index is 756. The molecule has 1 heterocycles. The number of rotatable bonds is 2. The highest BCUT2D eigenvalue weighted by Gasteiger charge is 2.28. The van der Waals surface area contributed by atoms with E-state index >= 15 is 0 Å². The van der Waals surface area contributed by atoms with Crippen LogP contribution in [-0.4, -0.2) is 4.98 Å². The van der Waals surface area contributed by atoms with Gasteiger partial charge in [0.2, 0.25) is 0 Å². The van der Waals surface area contributed by atoms with Crippen LogP contribution in [0.5, 0.6) is 0 Å². The van der Waals surface area contributed by atoms with Gasteiger partial charge in [0.15, 0.2) is 0 Å². The second-order valence-corrected chi connectivity index (χ2v) is 6.16. The highest BCUT2D eigenvalue weighted by molar-refractivity contribution is 7.16. The molecule has 3 aromatic rings. The SMILES string of the molecule is Nc1sc(C2CC2)nc1-c1ccc2ccccc2c1.